The molecule has 0 atom stereocenters. The smallest absolute Gasteiger partial charge is 0.271 e. The third-order valence-corrected chi connectivity index (χ3v) is 4.12. The van der Waals surface area contributed by atoms with Gasteiger partial charge in [0.2, 0.25) is 0 Å². The van der Waals surface area contributed by atoms with E-state index in [0.29, 0.717) is 23.8 Å². The van der Waals surface area contributed by atoms with Gasteiger partial charge < -0.3 is 15.4 Å². The molecular formula is C20H19ClN4O2. The van der Waals surface area contributed by atoms with Gasteiger partial charge in [-0.3, -0.25) is 4.79 Å². The summed E-state index contributed by atoms with van der Waals surface area (Å²) in [6.45, 7) is 0.508. The summed E-state index contributed by atoms with van der Waals surface area (Å²) in [7, 11) is 1.62. The first-order valence-corrected chi connectivity index (χ1v) is 8.79. The molecule has 0 saturated carbocycles. The van der Waals surface area contributed by atoms with Crippen molar-refractivity contribution in [2.75, 3.05) is 19.0 Å². The Morgan fingerprint density at radius 2 is 1.74 bits per heavy atom. The van der Waals surface area contributed by atoms with Crippen molar-refractivity contribution in [2.24, 2.45) is 0 Å². The van der Waals surface area contributed by atoms with E-state index in [1.807, 2.05) is 48.5 Å². The zero-order chi connectivity index (χ0) is 19.1. The molecule has 138 valence electrons. The fourth-order valence-electron chi connectivity index (χ4n) is 2.40. The average molecular weight is 383 g/mol. The van der Waals surface area contributed by atoms with Crippen molar-refractivity contribution < 1.29 is 9.53 Å². The predicted octanol–water partition coefficient (Wildman–Crippen LogP) is 3.85. The Labute approximate surface area is 162 Å². The number of hydrogen-bond donors (Lipinski definition) is 2. The number of nitrogens with zero attached hydrogens (tertiary/aromatic N) is 2. The molecule has 0 aliphatic carbocycles. The van der Waals surface area contributed by atoms with Gasteiger partial charge in [-0.2, -0.15) is 0 Å². The molecule has 0 fully saturated rings. The van der Waals surface area contributed by atoms with Crippen LogP contribution in [0.15, 0.2) is 60.7 Å². The molecule has 6 nitrogen and oxygen atoms in total. The van der Waals surface area contributed by atoms with E-state index in [-0.39, 0.29) is 11.6 Å². The molecule has 0 spiro atoms. The van der Waals surface area contributed by atoms with Gasteiger partial charge in [-0.05, 0) is 60.5 Å². The molecule has 3 aromatic rings. The summed E-state index contributed by atoms with van der Waals surface area (Å²) in [6, 6.07) is 18.3. The second kappa shape index (κ2) is 9.00. The van der Waals surface area contributed by atoms with Crippen LogP contribution < -0.4 is 15.4 Å². The molecule has 0 radical (unpaired) electrons. The van der Waals surface area contributed by atoms with Crippen molar-refractivity contribution in [2.45, 2.75) is 6.42 Å². The van der Waals surface area contributed by atoms with E-state index < -0.39 is 0 Å². The highest BCUT2D eigenvalue weighted by Gasteiger charge is 2.08. The fraction of sp³-hybridized carbons (Fsp3) is 0.150. The normalized spacial score (nSPS) is 10.3. The molecule has 1 aromatic heterocycles. The summed E-state index contributed by atoms with van der Waals surface area (Å²) in [5, 5.41) is 14.7. The molecule has 0 aliphatic rings. The van der Waals surface area contributed by atoms with E-state index in [1.54, 1.807) is 19.2 Å². The number of carbonyl (C=O) groups is 1. The highest BCUT2D eigenvalue weighted by molar-refractivity contribution is 6.30. The Kier molecular flexibility index (Phi) is 6.22. The molecule has 2 aromatic carbocycles. The monoisotopic (exact) mass is 382 g/mol. The van der Waals surface area contributed by atoms with Crippen LogP contribution in [-0.2, 0) is 6.42 Å². The standard InChI is InChI=1S/C20H19ClN4O2/c1-27-17-8-6-16(7-9-17)23-19-11-10-18(24-25-19)20(26)22-13-12-14-2-4-15(21)5-3-14/h2-11H,12-13H2,1H3,(H,22,26)(H,23,25). The molecule has 7 heteroatoms. The first-order valence-electron chi connectivity index (χ1n) is 8.41. The first-order chi connectivity index (χ1) is 13.1. The lowest BCUT2D eigenvalue weighted by molar-refractivity contribution is 0.0948. The van der Waals surface area contributed by atoms with E-state index in [1.165, 1.54) is 0 Å². The van der Waals surface area contributed by atoms with Gasteiger partial charge in [-0.15, -0.1) is 10.2 Å². The Bertz CT molecular complexity index is 881. The lowest BCUT2D eigenvalue weighted by Crippen LogP contribution is -2.26. The van der Waals surface area contributed by atoms with E-state index in [0.717, 1.165) is 17.0 Å². The van der Waals surface area contributed by atoms with Gasteiger partial charge in [0, 0.05) is 17.3 Å². The molecule has 0 unspecified atom stereocenters. The van der Waals surface area contributed by atoms with Crippen molar-refractivity contribution in [3.63, 3.8) is 0 Å². The number of anilines is 2. The van der Waals surface area contributed by atoms with Crippen LogP contribution in [-0.4, -0.2) is 29.8 Å². The Morgan fingerprint density at radius 3 is 2.37 bits per heavy atom. The maximum atomic E-state index is 12.2. The summed E-state index contributed by atoms with van der Waals surface area (Å²) in [4.78, 5) is 12.2. The van der Waals surface area contributed by atoms with Crippen LogP contribution >= 0.6 is 11.6 Å². The fourth-order valence-corrected chi connectivity index (χ4v) is 2.53. The van der Waals surface area contributed by atoms with Crippen molar-refractivity contribution in [1.29, 1.82) is 0 Å². The van der Waals surface area contributed by atoms with Gasteiger partial charge in [-0.25, -0.2) is 0 Å². The van der Waals surface area contributed by atoms with Gasteiger partial charge in [0.05, 0.1) is 7.11 Å². The highest BCUT2D eigenvalue weighted by atomic mass is 35.5. The van der Waals surface area contributed by atoms with Crippen molar-refractivity contribution in [3.05, 3.63) is 76.9 Å². The topological polar surface area (TPSA) is 76.1 Å². The summed E-state index contributed by atoms with van der Waals surface area (Å²) >= 11 is 5.86. The molecule has 3 rings (SSSR count). The number of aromatic nitrogens is 2. The van der Waals surface area contributed by atoms with Gasteiger partial charge in [0.1, 0.15) is 5.75 Å². The van der Waals surface area contributed by atoms with Gasteiger partial charge in [0.25, 0.3) is 5.91 Å². The molecular weight excluding hydrogens is 364 g/mol. The van der Waals surface area contributed by atoms with Crippen LogP contribution in [0.3, 0.4) is 0 Å². The van der Waals surface area contributed by atoms with E-state index in [4.69, 9.17) is 16.3 Å². The van der Waals surface area contributed by atoms with E-state index in [9.17, 15) is 4.79 Å². The number of rotatable bonds is 7. The zero-order valence-corrected chi connectivity index (χ0v) is 15.5. The van der Waals surface area contributed by atoms with Crippen LogP contribution in [0.1, 0.15) is 16.1 Å². The van der Waals surface area contributed by atoms with Gasteiger partial charge in [-0.1, -0.05) is 23.7 Å². The average Bonchev–Trinajstić information content (AvgIpc) is 2.70. The minimum atomic E-state index is -0.257. The lowest BCUT2D eigenvalue weighted by Gasteiger charge is -2.07. The van der Waals surface area contributed by atoms with Crippen LogP contribution in [0.4, 0.5) is 11.5 Å². The number of carbonyl (C=O) groups excluding carboxylic acids is 1. The molecule has 27 heavy (non-hydrogen) atoms. The van der Waals surface area contributed by atoms with Crippen LogP contribution in [0, 0.1) is 0 Å². The molecule has 0 saturated heterocycles. The van der Waals surface area contributed by atoms with Crippen molar-refractivity contribution in [3.8, 4) is 5.75 Å². The molecule has 0 bridgehead atoms. The number of halogens is 1. The minimum Gasteiger partial charge on any atom is -0.497 e. The zero-order valence-electron chi connectivity index (χ0n) is 14.8. The molecule has 0 aliphatic heterocycles. The summed E-state index contributed by atoms with van der Waals surface area (Å²) < 4.78 is 5.12. The summed E-state index contributed by atoms with van der Waals surface area (Å²) in [5.41, 5.74) is 2.22. The van der Waals surface area contributed by atoms with Crippen LogP contribution in [0.25, 0.3) is 0 Å². The number of nitrogens with one attached hydrogen (secondary N) is 2. The summed E-state index contributed by atoms with van der Waals surface area (Å²) in [6.07, 6.45) is 0.716. The Balaban J connectivity index is 1.51. The van der Waals surface area contributed by atoms with E-state index >= 15 is 0 Å². The van der Waals surface area contributed by atoms with Gasteiger partial charge >= 0.3 is 0 Å². The molecule has 1 heterocycles. The Morgan fingerprint density at radius 1 is 1.00 bits per heavy atom. The Hall–Kier alpha value is -3.12. The molecule has 2 N–H and O–H groups in total. The number of ether oxygens (including phenoxy) is 1. The number of hydrogen-bond acceptors (Lipinski definition) is 5. The maximum absolute atomic E-state index is 12.2. The maximum Gasteiger partial charge on any atom is 0.271 e. The second-order valence-electron chi connectivity index (χ2n) is 5.79. The molecule has 1 amide bonds. The third-order valence-electron chi connectivity index (χ3n) is 3.87. The first kappa shape index (κ1) is 18.7. The third kappa shape index (κ3) is 5.43. The van der Waals surface area contributed by atoms with E-state index in [2.05, 4.69) is 20.8 Å². The van der Waals surface area contributed by atoms with Crippen LogP contribution in [0.2, 0.25) is 5.02 Å². The van der Waals surface area contributed by atoms with Crippen molar-refractivity contribution in [1.82, 2.24) is 15.5 Å². The van der Waals surface area contributed by atoms with Gasteiger partial charge in [0.15, 0.2) is 11.5 Å². The second-order valence-corrected chi connectivity index (χ2v) is 6.23. The van der Waals surface area contributed by atoms with Crippen molar-refractivity contribution >= 4 is 29.0 Å². The van der Waals surface area contributed by atoms with Crippen LogP contribution in [0.5, 0.6) is 5.75 Å². The minimum absolute atomic E-state index is 0.257. The summed E-state index contributed by atoms with van der Waals surface area (Å²) in [5.74, 6) is 1.07. The highest BCUT2D eigenvalue weighted by Crippen LogP contribution is 2.18. The number of amides is 1. The quantitative estimate of drug-likeness (QED) is 0.649. The lowest BCUT2D eigenvalue weighted by atomic mass is 10.1. The predicted molar refractivity (Wildman–Crippen MR) is 106 cm³/mol. The largest absolute Gasteiger partial charge is 0.497 e. The number of benzene rings is 2. The number of methoxy groups -OCH3 is 1. The SMILES string of the molecule is COc1ccc(Nc2ccc(C(=O)NCCc3ccc(Cl)cc3)nn2)cc1.